The van der Waals surface area contributed by atoms with Gasteiger partial charge in [-0.05, 0) is 42.9 Å². The Hall–Kier alpha value is -0.480. The summed E-state index contributed by atoms with van der Waals surface area (Å²) in [6.07, 6.45) is 9.91. The van der Waals surface area contributed by atoms with Gasteiger partial charge >= 0.3 is 0 Å². The van der Waals surface area contributed by atoms with E-state index < -0.39 is 0 Å². The van der Waals surface area contributed by atoms with E-state index in [1.807, 2.05) is 0 Å². The lowest BCUT2D eigenvalue weighted by molar-refractivity contribution is 0.281. The molecule has 1 heteroatoms. The first-order valence-corrected chi connectivity index (χ1v) is 5.54. The van der Waals surface area contributed by atoms with Gasteiger partial charge in [0.2, 0.25) is 0 Å². The number of hydrogen-bond acceptors (Lipinski definition) is 1. The van der Waals surface area contributed by atoms with E-state index in [0.717, 1.165) is 30.2 Å². The summed E-state index contributed by atoms with van der Waals surface area (Å²) >= 11 is 0. The molecule has 3 aliphatic rings. The molecule has 4 atom stereocenters. The molecule has 1 nitrogen and oxygen atoms in total. The number of terminal acetylenes is 1. The van der Waals surface area contributed by atoms with Crippen LogP contribution in [0.25, 0.3) is 0 Å². The van der Waals surface area contributed by atoms with Crippen molar-refractivity contribution in [1.82, 2.24) is 4.90 Å². The molecule has 2 saturated carbocycles. The van der Waals surface area contributed by atoms with Crippen molar-refractivity contribution in [2.45, 2.75) is 19.3 Å². The van der Waals surface area contributed by atoms with Gasteiger partial charge in [0, 0.05) is 13.1 Å². The molecule has 2 aliphatic carbocycles. The van der Waals surface area contributed by atoms with Crippen LogP contribution in [0, 0.1) is 36.0 Å². The second-order valence-electron chi connectivity index (χ2n) is 5.06. The maximum absolute atomic E-state index is 5.35. The largest absolute Gasteiger partial charge is 0.292 e. The lowest BCUT2D eigenvalue weighted by Gasteiger charge is -2.22. The number of rotatable bonds is 1. The summed E-state index contributed by atoms with van der Waals surface area (Å²) in [6.45, 7) is 3.48. The Balaban J connectivity index is 1.73. The molecule has 1 aliphatic heterocycles. The van der Waals surface area contributed by atoms with Gasteiger partial charge in [-0.3, -0.25) is 4.90 Å². The molecule has 3 fully saturated rings. The highest BCUT2D eigenvalue weighted by molar-refractivity contribution is 5.03. The van der Waals surface area contributed by atoms with E-state index in [2.05, 4.69) is 10.8 Å². The molecule has 1 saturated heterocycles. The second-order valence-corrected chi connectivity index (χ2v) is 5.06. The molecule has 2 bridgehead atoms. The molecule has 0 spiro atoms. The second kappa shape index (κ2) is 2.75. The predicted molar refractivity (Wildman–Crippen MR) is 53.1 cm³/mol. The van der Waals surface area contributed by atoms with Crippen molar-refractivity contribution in [2.75, 3.05) is 19.6 Å². The van der Waals surface area contributed by atoms with Gasteiger partial charge in [0.1, 0.15) is 0 Å². The molecule has 3 rings (SSSR count). The van der Waals surface area contributed by atoms with Crippen LogP contribution >= 0.6 is 0 Å². The van der Waals surface area contributed by atoms with Crippen LogP contribution in [-0.2, 0) is 0 Å². The summed E-state index contributed by atoms with van der Waals surface area (Å²) in [5.74, 6) is 6.95. The van der Waals surface area contributed by atoms with E-state index in [0.29, 0.717) is 0 Å². The molecule has 2 unspecified atom stereocenters. The van der Waals surface area contributed by atoms with Crippen molar-refractivity contribution in [3.63, 3.8) is 0 Å². The fourth-order valence-electron chi connectivity index (χ4n) is 4.03. The van der Waals surface area contributed by atoms with Gasteiger partial charge in [0.15, 0.2) is 0 Å². The molecule has 0 radical (unpaired) electrons. The minimum Gasteiger partial charge on any atom is -0.292 e. The minimum absolute atomic E-state index is 0.881. The Kier molecular flexibility index (Phi) is 1.67. The van der Waals surface area contributed by atoms with Crippen LogP contribution in [0.5, 0.6) is 0 Å². The molecule has 70 valence electrons. The highest BCUT2D eigenvalue weighted by atomic mass is 15.2. The summed E-state index contributed by atoms with van der Waals surface area (Å²) in [7, 11) is 0. The number of fused-ring (bicyclic) bond motifs is 5. The van der Waals surface area contributed by atoms with E-state index >= 15 is 0 Å². The van der Waals surface area contributed by atoms with Gasteiger partial charge in [-0.1, -0.05) is 5.92 Å². The Morgan fingerprint density at radius 2 is 1.77 bits per heavy atom. The third kappa shape index (κ3) is 1.05. The van der Waals surface area contributed by atoms with Crippen LogP contribution in [0.3, 0.4) is 0 Å². The molecular weight excluding hydrogens is 158 g/mol. The van der Waals surface area contributed by atoms with E-state index in [4.69, 9.17) is 6.42 Å². The van der Waals surface area contributed by atoms with Crippen molar-refractivity contribution in [2.24, 2.45) is 23.7 Å². The van der Waals surface area contributed by atoms with Gasteiger partial charge in [-0.2, -0.15) is 0 Å². The van der Waals surface area contributed by atoms with Crippen LogP contribution in [0.4, 0.5) is 0 Å². The van der Waals surface area contributed by atoms with Gasteiger partial charge < -0.3 is 0 Å². The van der Waals surface area contributed by atoms with Gasteiger partial charge in [0.25, 0.3) is 0 Å². The van der Waals surface area contributed by atoms with Crippen LogP contribution in [0.1, 0.15) is 19.3 Å². The highest BCUT2D eigenvalue weighted by Gasteiger charge is 2.51. The van der Waals surface area contributed by atoms with Crippen molar-refractivity contribution < 1.29 is 0 Å². The quantitative estimate of drug-likeness (QED) is 0.547. The number of nitrogens with zero attached hydrogens (tertiary/aromatic N) is 1. The monoisotopic (exact) mass is 175 g/mol. The highest BCUT2D eigenvalue weighted by Crippen LogP contribution is 2.54. The lowest BCUT2D eigenvalue weighted by Crippen LogP contribution is -2.23. The molecule has 0 aromatic heterocycles. The van der Waals surface area contributed by atoms with E-state index in [1.165, 1.54) is 25.9 Å². The first-order chi connectivity index (χ1) is 6.38. The van der Waals surface area contributed by atoms with E-state index in [-0.39, 0.29) is 0 Å². The normalized spacial score (nSPS) is 47.9. The zero-order chi connectivity index (χ0) is 8.84. The first-order valence-electron chi connectivity index (χ1n) is 5.54. The van der Waals surface area contributed by atoms with Crippen molar-refractivity contribution in [3.05, 3.63) is 0 Å². The first kappa shape index (κ1) is 7.88. The summed E-state index contributed by atoms with van der Waals surface area (Å²) in [4.78, 5) is 2.49. The topological polar surface area (TPSA) is 3.24 Å². The summed E-state index contributed by atoms with van der Waals surface area (Å²) in [5.41, 5.74) is 0. The molecule has 0 aromatic carbocycles. The van der Waals surface area contributed by atoms with Crippen molar-refractivity contribution in [1.29, 1.82) is 0 Å². The van der Waals surface area contributed by atoms with Crippen LogP contribution < -0.4 is 0 Å². The molecule has 1 heterocycles. The number of likely N-dealkylation sites (tertiary alicyclic amines) is 1. The molecule has 0 amide bonds. The van der Waals surface area contributed by atoms with Crippen LogP contribution in [0.15, 0.2) is 0 Å². The van der Waals surface area contributed by atoms with Crippen molar-refractivity contribution in [3.8, 4) is 12.3 Å². The van der Waals surface area contributed by atoms with Gasteiger partial charge in [0.05, 0.1) is 6.54 Å². The third-order valence-corrected chi connectivity index (χ3v) is 4.53. The average Bonchev–Trinajstić information content (AvgIpc) is 2.72. The zero-order valence-electron chi connectivity index (χ0n) is 8.08. The van der Waals surface area contributed by atoms with Gasteiger partial charge in [-0.15, -0.1) is 6.42 Å². The van der Waals surface area contributed by atoms with Gasteiger partial charge in [-0.25, -0.2) is 0 Å². The summed E-state index contributed by atoms with van der Waals surface area (Å²) < 4.78 is 0. The number of hydrogen-bond donors (Lipinski definition) is 0. The summed E-state index contributed by atoms with van der Waals surface area (Å²) in [6, 6.07) is 0. The smallest absolute Gasteiger partial charge is 0.0599 e. The van der Waals surface area contributed by atoms with Crippen LogP contribution in [-0.4, -0.2) is 24.5 Å². The zero-order valence-corrected chi connectivity index (χ0v) is 8.08. The maximum Gasteiger partial charge on any atom is 0.0599 e. The molecular formula is C12H17N. The predicted octanol–water partition coefficient (Wildman–Crippen LogP) is 1.60. The average molecular weight is 175 g/mol. The Labute approximate surface area is 80.5 Å². The third-order valence-electron chi connectivity index (χ3n) is 4.53. The Morgan fingerprint density at radius 1 is 1.15 bits per heavy atom. The molecule has 0 aromatic rings. The van der Waals surface area contributed by atoms with E-state index in [1.54, 1.807) is 6.42 Å². The fourth-order valence-corrected chi connectivity index (χ4v) is 4.03. The standard InChI is InChI=1S/C12H17N/c1-2-5-13-7-11-9-3-4-10(6-9)12(11)8-13/h1,9-12H,3-8H2/t9?,10?,11-,12+. The van der Waals surface area contributed by atoms with Crippen molar-refractivity contribution >= 4 is 0 Å². The maximum atomic E-state index is 5.35. The van der Waals surface area contributed by atoms with Crippen LogP contribution in [0.2, 0.25) is 0 Å². The lowest BCUT2D eigenvalue weighted by atomic mass is 9.82. The Morgan fingerprint density at radius 3 is 2.31 bits per heavy atom. The Bertz CT molecular complexity index is 234. The van der Waals surface area contributed by atoms with E-state index in [9.17, 15) is 0 Å². The minimum atomic E-state index is 0.881. The molecule has 13 heavy (non-hydrogen) atoms. The summed E-state index contributed by atoms with van der Waals surface area (Å²) in [5, 5.41) is 0. The molecule has 0 N–H and O–H groups in total. The fraction of sp³-hybridized carbons (Fsp3) is 0.833. The SMILES string of the molecule is C#CCN1C[C@@H]2C3CCC(C3)[C@@H]2C1.